The summed E-state index contributed by atoms with van der Waals surface area (Å²) in [6, 6.07) is 0.261. The number of rotatable bonds is 6. The summed E-state index contributed by atoms with van der Waals surface area (Å²) in [5.74, 6) is 0.117. The van der Waals surface area contributed by atoms with E-state index in [2.05, 4.69) is 5.32 Å². The van der Waals surface area contributed by atoms with Gasteiger partial charge in [0.1, 0.15) is 0 Å². The molecule has 1 amide bonds. The van der Waals surface area contributed by atoms with Gasteiger partial charge in [-0.25, -0.2) is 0 Å². The molecule has 0 bridgehead atoms. The Morgan fingerprint density at radius 3 is 2.39 bits per heavy atom. The Morgan fingerprint density at radius 1 is 1.39 bits per heavy atom. The number of hydrogen-bond acceptors (Lipinski definition) is 3. The number of halogens is 1. The van der Waals surface area contributed by atoms with Gasteiger partial charge in [0.15, 0.2) is 0 Å². The van der Waals surface area contributed by atoms with Gasteiger partial charge in [-0.3, -0.25) is 4.79 Å². The molecule has 0 aromatic rings. The van der Waals surface area contributed by atoms with E-state index in [0.29, 0.717) is 12.6 Å². The largest absolute Gasteiger partial charge is 0.381 e. The quantitative estimate of drug-likeness (QED) is 0.779. The second-order valence-corrected chi connectivity index (χ2v) is 5.03. The summed E-state index contributed by atoms with van der Waals surface area (Å²) >= 11 is 0. The predicted molar refractivity (Wildman–Crippen MR) is 75.9 cm³/mol. The Labute approximate surface area is 116 Å². The molecular weight excluding hydrogens is 252 g/mol. The average molecular weight is 279 g/mol. The monoisotopic (exact) mass is 278 g/mol. The van der Waals surface area contributed by atoms with Gasteiger partial charge < -0.3 is 15.8 Å². The van der Waals surface area contributed by atoms with Crippen molar-refractivity contribution in [3.8, 4) is 0 Å². The molecule has 2 unspecified atom stereocenters. The summed E-state index contributed by atoms with van der Waals surface area (Å²) in [5.41, 5.74) is 5.39. The van der Waals surface area contributed by atoms with Gasteiger partial charge in [-0.15, -0.1) is 12.4 Å². The van der Waals surface area contributed by atoms with Gasteiger partial charge in [0.05, 0.1) is 11.5 Å². The maximum absolute atomic E-state index is 12.3. The molecule has 1 saturated carbocycles. The summed E-state index contributed by atoms with van der Waals surface area (Å²) in [4.78, 5) is 12.3. The topological polar surface area (TPSA) is 64.4 Å². The molecule has 1 aliphatic carbocycles. The maximum atomic E-state index is 12.3. The SMILES string of the molecule is CCC(CC)(CN)C(=O)NC1CCC(OC)C1.Cl. The van der Waals surface area contributed by atoms with E-state index in [0.717, 1.165) is 32.1 Å². The number of amides is 1. The molecule has 1 aliphatic rings. The summed E-state index contributed by atoms with van der Waals surface area (Å²) in [7, 11) is 1.73. The summed E-state index contributed by atoms with van der Waals surface area (Å²) in [6.45, 7) is 4.48. The molecule has 1 rings (SSSR count). The first kappa shape index (κ1) is 17.7. The van der Waals surface area contributed by atoms with E-state index in [1.165, 1.54) is 0 Å². The van der Waals surface area contributed by atoms with Crippen molar-refractivity contribution in [3.05, 3.63) is 0 Å². The lowest BCUT2D eigenvalue weighted by molar-refractivity contribution is -0.131. The molecule has 0 saturated heterocycles. The minimum Gasteiger partial charge on any atom is -0.381 e. The van der Waals surface area contributed by atoms with Crippen molar-refractivity contribution in [2.24, 2.45) is 11.1 Å². The molecule has 0 aliphatic heterocycles. The normalized spacial score (nSPS) is 23.6. The molecule has 108 valence electrons. The summed E-state index contributed by atoms with van der Waals surface area (Å²) in [5, 5.41) is 3.14. The molecule has 0 aromatic carbocycles. The molecule has 4 nitrogen and oxygen atoms in total. The van der Waals surface area contributed by atoms with Crippen LogP contribution in [0.4, 0.5) is 0 Å². The van der Waals surface area contributed by atoms with Gasteiger partial charge in [0.2, 0.25) is 5.91 Å². The molecule has 0 spiro atoms. The van der Waals surface area contributed by atoms with Crippen molar-refractivity contribution in [1.29, 1.82) is 0 Å². The number of nitrogens with one attached hydrogen (secondary N) is 1. The molecule has 2 atom stereocenters. The molecular formula is C13H27ClN2O2. The second-order valence-electron chi connectivity index (χ2n) is 5.03. The number of carbonyl (C=O) groups is 1. The molecule has 18 heavy (non-hydrogen) atoms. The third kappa shape index (κ3) is 3.84. The molecule has 1 fully saturated rings. The zero-order chi connectivity index (χ0) is 12.9. The average Bonchev–Trinajstić information content (AvgIpc) is 2.80. The van der Waals surface area contributed by atoms with Gasteiger partial charge in [0.25, 0.3) is 0 Å². The zero-order valence-electron chi connectivity index (χ0n) is 11.7. The number of carbonyl (C=O) groups excluding carboxylic acids is 1. The van der Waals surface area contributed by atoms with E-state index in [-0.39, 0.29) is 29.8 Å². The van der Waals surface area contributed by atoms with Crippen LogP contribution in [0.25, 0.3) is 0 Å². The van der Waals surface area contributed by atoms with Crippen molar-refractivity contribution in [2.45, 2.75) is 58.1 Å². The minimum absolute atomic E-state index is 0. The Balaban J connectivity index is 0.00000289. The zero-order valence-corrected chi connectivity index (χ0v) is 12.5. The highest BCUT2D eigenvalue weighted by atomic mass is 35.5. The van der Waals surface area contributed by atoms with Crippen LogP contribution < -0.4 is 11.1 Å². The number of methoxy groups -OCH3 is 1. The van der Waals surface area contributed by atoms with Crippen LogP contribution in [0.3, 0.4) is 0 Å². The van der Waals surface area contributed by atoms with Crippen LogP contribution in [0.2, 0.25) is 0 Å². The number of hydrogen-bond donors (Lipinski definition) is 2. The Kier molecular flexibility index (Phi) is 7.83. The summed E-state index contributed by atoms with van der Waals surface area (Å²) in [6.07, 6.45) is 4.87. The first-order valence-corrected chi connectivity index (χ1v) is 6.65. The highest BCUT2D eigenvalue weighted by Crippen LogP contribution is 2.27. The van der Waals surface area contributed by atoms with Crippen molar-refractivity contribution in [3.63, 3.8) is 0 Å². The lowest BCUT2D eigenvalue weighted by atomic mass is 9.81. The van der Waals surface area contributed by atoms with Gasteiger partial charge in [-0.1, -0.05) is 13.8 Å². The van der Waals surface area contributed by atoms with Gasteiger partial charge in [-0.05, 0) is 32.1 Å². The van der Waals surface area contributed by atoms with E-state index in [9.17, 15) is 4.79 Å². The fourth-order valence-corrected chi connectivity index (χ4v) is 2.58. The predicted octanol–water partition coefficient (Wildman–Crippen LogP) is 1.86. The Bertz CT molecular complexity index is 249. The smallest absolute Gasteiger partial charge is 0.227 e. The van der Waals surface area contributed by atoms with Crippen molar-refractivity contribution in [1.82, 2.24) is 5.32 Å². The van der Waals surface area contributed by atoms with Crippen molar-refractivity contribution in [2.75, 3.05) is 13.7 Å². The molecule has 0 aromatic heterocycles. The number of ether oxygens (including phenoxy) is 1. The van der Waals surface area contributed by atoms with Crippen LogP contribution in [0, 0.1) is 5.41 Å². The molecule has 0 radical (unpaired) electrons. The van der Waals surface area contributed by atoms with Crippen molar-refractivity contribution < 1.29 is 9.53 Å². The first-order chi connectivity index (χ1) is 8.11. The van der Waals surface area contributed by atoms with E-state index < -0.39 is 0 Å². The van der Waals surface area contributed by atoms with Crippen LogP contribution >= 0.6 is 12.4 Å². The molecule has 3 N–H and O–H groups in total. The Hall–Kier alpha value is -0.320. The second kappa shape index (κ2) is 7.97. The Morgan fingerprint density at radius 2 is 2.00 bits per heavy atom. The van der Waals surface area contributed by atoms with E-state index >= 15 is 0 Å². The fraction of sp³-hybridized carbons (Fsp3) is 0.923. The highest BCUT2D eigenvalue weighted by molar-refractivity contribution is 5.85. The van der Waals surface area contributed by atoms with Gasteiger partial charge in [0, 0.05) is 19.7 Å². The third-order valence-corrected chi connectivity index (χ3v) is 4.28. The lowest BCUT2D eigenvalue weighted by Gasteiger charge is -2.30. The standard InChI is InChI=1S/C13H26N2O2.ClH/c1-4-13(5-2,9-14)12(16)15-10-6-7-11(8-10)17-3;/h10-11H,4-9,14H2,1-3H3,(H,15,16);1H. The van der Waals surface area contributed by atoms with E-state index in [4.69, 9.17) is 10.5 Å². The van der Waals surface area contributed by atoms with Crippen LogP contribution in [0.5, 0.6) is 0 Å². The van der Waals surface area contributed by atoms with Crippen LogP contribution in [0.1, 0.15) is 46.0 Å². The van der Waals surface area contributed by atoms with E-state index in [1.807, 2.05) is 13.8 Å². The van der Waals surface area contributed by atoms with Crippen LogP contribution in [-0.2, 0) is 9.53 Å². The van der Waals surface area contributed by atoms with Gasteiger partial charge >= 0.3 is 0 Å². The summed E-state index contributed by atoms with van der Waals surface area (Å²) < 4.78 is 5.31. The minimum atomic E-state index is -0.384. The van der Waals surface area contributed by atoms with E-state index in [1.54, 1.807) is 7.11 Å². The maximum Gasteiger partial charge on any atom is 0.227 e. The van der Waals surface area contributed by atoms with Crippen LogP contribution in [0.15, 0.2) is 0 Å². The first-order valence-electron chi connectivity index (χ1n) is 6.65. The third-order valence-electron chi connectivity index (χ3n) is 4.28. The lowest BCUT2D eigenvalue weighted by Crippen LogP contribution is -2.48. The fourth-order valence-electron chi connectivity index (χ4n) is 2.58. The number of nitrogens with two attached hydrogens (primary N) is 1. The van der Waals surface area contributed by atoms with Gasteiger partial charge in [-0.2, -0.15) is 0 Å². The highest BCUT2D eigenvalue weighted by Gasteiger charge is 2.36. The molecule has 5 heteroatoms. The van der Waals surface area contributed by atoms with Crippen molar-refractivity contribution >= 4 is 18.3 Å². The molecule has 0 heterocycles. The van der Waals surface area contributed by atoms with Crippen LogP contribution in [-0.4, -0.2) is 31.7 Å².